The van der Waals surface area contributed by atoms with Crippen LogP contribution in [-0.4, -0.2) is 56.4 Å². The summed E-state index contributed by atoms with van der Waals surface area (Å²) in [4.78, 5) is 42.7. The third-order valence-corrected chi connectivity index (χ3v) is 2.32. The van der Waals surface area contributed by atoms with Gasteiger partial charge < -0.3 is 25.7 Å². The van der Waals surface area contributed by atoms with Crippen LogP contribution in [0.3, 0.4) is 0 Å². The van der Waals surface area contributed by atoms with E-state index in [1.165, 1.54) is 0 Å². The Morgan fingerprint density at radius 2 is 1.68 bits per heavy atom. The lowest BCUT2D eigenvalue weighted by Crippen LogP contribution is -2.58. The van der Waals surface area contributed by atoms with Crippen molar-refractivity contribution in [3.05, 3.63) is 12.2 Å². The number of carbonyl (C=O) groups excluding carboxylic acids is 1. The molecule has 0 spiro atoms. The summed E-state index contributed by atoms with van der Waals surface area (Å²) in [5, 5.41) is 37.0. The fourth-order valence-corrected chi connectivity index (χ4v) is 1.33. The maximum atomic E-state index is 11.0. The summed E-state index contributed by atoms with van der Waals surface area (Å²) in [6.45, 7) is 3.30. The monoisotopic (exact) mass is 275 g/mol. The number of aliphatic hydroxyl groups is 1. The van der Waals surface area contributed by atoms with Gasteiger partial charge in [-0.25, -0.2) is 14.4 Å². The predicted molar refractivity (Wildman–Crippen MR) is 59.2 cm³/mol. The summed E-state index contributed by atoms with van der Waals surface area (Å²) >= 11 is 0. The number of hydrogen-bond acceptors (Lipinski definition) is 5. The van der Waals surface area contributed by atoms with Gasteiger partial charge in [0, 0.05) is 12.8 Å². The number of carbonyl (C=O) groups is 4. The first-order valence-corrected chi connectivity index (χ1v) is 4.93. The SMILES string of the molecule is C=C(CC(O)C(=O)O)CC(NC=O)(C(=O)O)C(=O)O. The Kier molecular flexibility index (Phi) is 5.67. The first-order chi connectivity index (χ1) is 8.67. The number of aliphatic carboxylic acids is 3. The van der Waals surface area contributed by atoms with Crippen LogP contribution in [0.4, 0.5) is 0 Å². The van der Waals surface area contributed by atoms with E-state index in [-0.39, 0.29) is 12.0 Å². The summed E-state index contributed by atoms with van der Waals surface area (Å²) < 4.78 is 0. The van der Waals surface area contributed by atoms with Crippen LogP contribution in [0.15, 0.2) is 12.2 Å². The highest BCUT2D eigenvalue weighted by atomic mass is 16.4. The van der Waals surface area contributed by atoms with Crippen molar-refractivity contribution >= 4 is 24.3 Å². The van der Waals surface area contributed by atoms with Crippen molar-refractivity contribution in [3.8, 4) is 0 Å². The molecule has 0 aliphatic heterocycles. The van der Waals surface area contributed by atoms with Crippen LogP contribution >= 0.6 is 0 Å². The van der Waals surface area contributed by atoms with Crippen LogP contribution in [0, 0.1) is 0 Å². The largest absolute Gasteiger partial charge is 0.479 e. The molecule has 0 bridgehead atoms. The molecular formula is C10H13NO8. The van der Waals surface area contributed by atoms with Crippen molar-refractivity contribution in [2.24, 2.45) is 0 Å². The molecule has 1 amide bonds. The second-order valence-electron chi connectivity index (χ2n) is 3.76. The van der Waals surface area contributed by atoms with Gasteiger partial charge in [-0.2, -0.15) is 0 Å². The van der Waals surface area contributed by atoms with Gasteiger partial charge in [0.05, 0.1) is 0 Å². The summed E-state index contributed by atoms with van der Waals surface area (Å²) in [5.74, 6) is -5.23. The van der Waals surface area contributed by atoms with Crippen LogP contribution in [-0.2, 0) is 19.2 Å². The number of nitrogens with one attached hydrogen (secondary N) is 1. The van der Waals surface area contributed by atoms with Gasteiger partial charge in [-0.3, -0.25) is 4.79 Å². The van der Waals surface area contributed by atoms with Gasteiger partial charge in [-0.05, 0) is 0 Å². The molecule has 106 valence electrons. The minimum atomic E-state index is -2.64. The van der Waals surface area contributed by atoms with E-state index in [1.54, 1.807) is 5.32 Å². The summed E-state index contributed by atoms with van der Waals surface area (Å²) in [7, 11) is 0. The van der Waals surface area contributed by atoms with Gasteiger partial charge >= 0.3 is 17.9 Å². The minimum absolute atomic E-state index is 0.0941. The third-order valence-electron chi connectivity index (χ3n) is 2.32. The molecule has 0 aliphatic rings. The first kappa shape index (κ1) is 16.6. The molecule has 1 unspecified atom stereocenters. The highest BCUT2D eigenvalue weighted by molar-refractivity contribution is 6.05. The van der Waals surface area contributed by atoms with Gasteiger partial charge in [-0.1, -0.05) is 12.2 Å². The molecule has 5 N–H and O–H groups in total. The highest BCUT2D eigenvalue weighted by Gasteiger charge is 2.47. The Labute approximate surface area is 107 Å². The van der Waals surface area contributed by atoms with E-state index in [1.807, 2.05) is 0 Å². The Bertz CT molecular complexity index is 402. The molecule has 0 aromatic carbocycles. The molecular weight excluding hydrogens is 262 g/mol. The maximum Gasteiger partial charge on any atom is 0.341 e. The van der Waals surface area contributed by atoms with E-state index in [2.05, 4.69) is 6.58 Å². The zero-order valence-corrected chi connectivity index (χ0v) is 9.70. The van der Waals surface area contributed by atoms with Crippen LogP contribution in [0.5, 0.6) is 0 Å². The van der Waals surface area contributed by atoms with Crippen LogP contribution < -0.4 is 5.32 Å². The number of carboxylic acids is 3. The quantitative estimate of drug-likeness (QED) is 0.191. The smallest absolute Gasteiger partial charge is 0.341 e. The number of aliphatic hydroxyl groups excluding tert-OH is 1. The van der Waals surface area contributed by atoms with E-state index in [9.17, 15) is 19.2 Å². The third kappa shape index (κ3) is 4.07. The van der Waals surface area contributed by atoms with Gasteiger partial charge in [0.2, 0.25) is 11.9 Å². The summed E-state index contributed by atoms with van der Waals surface area (Å²) in [5.41, 5.74) is -2.79. The molecule has 0 aliphatic carbocycles. The normalized spacial score (nSPS) is 12.3. The van der Waals surface area contributed by atoms with E-state index in [0.29, 0.717) is 0 Å². The van der Waals surface area contributed by atoms with E-state index >= 15 is 0 Å². The van der Waals surface area contributed by atoms with Gasteiger partial charge in [-0.15, -0.1) is 0 Å². The van der Waals surface area contributed by atoms with E-state index in [0.717, 1.165) is 0 Å². The van der Waals surface area contributed by atoms with Crippen molar-refractivity contribution in [2.45, 2.75) is 24.5 Å². The molecule has 0 saturated heterocycles. The average molecular weight is 275 g/mol. The van der Waals surface area contributed by atoms with Crippen molar-refractivity contribution in [3.63, 3.8) is 0 Å². The van der Waals surface area contributed by atoms with Crippen LogP contribution in [0.2, 0.25) is 0 Å². The number of carboxylic acid groups (broad SMARTS) is 3. The molecule has 0 aromatic heterocycles. The zero-order valence-electron chi connectivity index (χ0n) is 9.70. The second kappa shape index (κ2) is 6.50. The molecule has 1 atom stereocenters. The summed E-state index contributed by atoms with van der Waals surface area (Å²) in [6.07, 6.45) is -3.20. The predicted octanol–water partition coefficient (Wildman–Crippen LogP) is -1.58. The maximum absolute atomic E-state index is 11.0. The minimum Gasteiger partial charge on any atom is -0.479 e. The Balaban J connectivity index is 5.07. The molecule has 0 radical (unpaired) electrons. The molecule has 0 heterocycles. The second-order valence-corrected chi connectivity index (χ2v) is 3.76. The van der Waals surface area contributed by atoms with Crippen LogP contribution in [0.25, 0.3) is 0 Å². The zero-order chi connectivity index (χ0) is 15.2. The van der Waals surface area contributed by atoms with Crippen molar-refractivity contribution in [1.29, 1.82) is 0 Å². The molecule has 0 saturated carbocycles. The van der Waals surface area contributed by atoms with Gasteiger partial charge in [0.1, 0.15) is 0 Å². The molecule has 9 nitrogen and oxygen atoms in total. The highest BCUT2D eigenvalue weighted by Crippen LogP contribution is 2.20. The topological polar surface area (TPSA) is 161 Å². The molecule has 0 aromatic rings. The van der Waals surface area contributed by atoms with Crippen molar-refractivity contribution in [1.82, 2.24) is 5.32 Å². The standard InChI is InChI=1S/C10H13NO8/c1-5(2-6(13)7(14)15)3-10(8(16)17,9(18)19)11-4-12/h4,6,13H,1-3H2,(H,11,12)(H,14,15)(H,16,17)(H,18,19). The van der Waals surface area contributed by atoms with Gasteiger partial charge in [0.15, 0.2) is 6.10 Å². The Morgan fingerprint density at radius 3 is 2.00 bits per heavy atom. The van der Waals surface area contributed by atoms with Crippen LogP contribution in [0.1, 0.15) is 12.8 Å². The first-order valence-electron chi connectivity index (χ1n) is 4.93. The average Bonchev–Trinajstić information content (AvgIpc) is 2.27. The van der Waals surface area contributed by atoms with Crippen molar-refractivity contribution in [2.75, 3.05) is 0 Å². The van der Waals surface area contributed by atoms with Gasteiger partial charge in [0.25, 0.3) is 0 Å². The number of hydrogen-bond donors (Lipinski definition) is 5. The fourth-order valence-electron chi connectivity index (χ4n) is 1.33. The Morgan fingerprint density at radius 1 is 1.21 bits per heavy atom. The number of amides is 1. The van der Waals surface area contributed by atoms with Crippen molar-refractivity contribution < 1.29 is 39.6 Å². The lowest BCUT2D eigenvalue weighted by atomic mass is 9.89. The number of rotatable bonds is 9. The van der Waals surface area contributed by atoms with E-state index < -0.39 is 42.4 Å². The molecule has 0 fully saturated rings. The van der Waals surface area contributed by atoms with E-state index in [4.69, 9.17) is 20.4 Å². The summed E-state index contributed by atoms with van der Waals surface area (Å²) in [6, 6.07) is 0. The fraction of sp³-hybridized carbons (Fsp3) is 0.400. The lowest BCUT2D eigenvalue weighted by molar-refractivity contribution is -0.160. The molecule has 0 rings (SSSR count). The molecule has 19 heavy (non-hydrogen) atoms. The lowest BCUT2D eigenvalue weighted by Gasteiger charge is -2.25. The molecule has 9 heteroatoms. The Hall–Kier alpha value is -2.42.